The van der Waals surface area contributed by atoms with Crippen molar-refractivity contribution >= 4 is 29.2 Å². The number of nitrogen functional groups attached to an aromatic ring is 1. The Kier molecular flexibility index (Phi) is 3.27. The Morgan fingerprint density at radius 1 is 1.41 bits per heavy atom. The number of aromatic nitrogens is 2. The molecule has 86 valence electrons. The number of hydrogen-bond acceptors (Lipinski definition) is 4. The summed E-state index contributed by atoms with van der Waals surface area (Å²) in [6.45, 7) is 0. The van der Waals surface area contributed by atoms with Crippen LogP contribution in [0.15, 0.2) is 29.3 Å². The fourth-order valence-corrected chi connectivity index (χ4v) is 2.08. The lowest BCUT2D eigenvalue weighted by atomic mass is 10.3. The molecule has 0 fully saturated rings. The molecule has 1 aromatic carbocycles. The van der Waals surface area contributed by atoms with Gasteiger partial charge in [-0.05, 0) is 30.5 Å². The first-order valence-corrected chi connectivity index (χ1v) is 6.36. The average Bonchev–Trinajstić information content (AvgIpc) is 2.66. The molecule has 2 N–H and O–H groups in total. The molecule has 4 nitrogen and oxygen atoms in total. The summed E-state index contributed by atoms with van der Waals surface area (Å²) in [7, 11) is 0. The van der Waals surface area contributed by atoms with E-state index in [9.17, 15) is 0 Å². The summed E-state index contributed by atoms with van der Waals surface area (Å²) >= 11 is 7.20. The fraction of sp³-hybridized carbons (Fsp3) is 0.0909. The van der Waals surface area contributed by atoms with Gasteiger partial charge in [0.2, 0.25) is 0 Å². The van der Waals surface area contributed by atoms with Crippen LogP contribution in [0.4, 0.5) is 5.82 Å². The van der Waals surface area contributed by atoms with Crippen LogP contribution < -0.4 is 5.73 Å². The van der Waals surface area contributed by atoms with E-state index >= 15 is 0 Å². The quantitative estimate of drug-likeness (QED) is 0.847. The third-order valence-electron chi connectivity index (χ3n) is 2.27. The zero-order chi connectivity index (χ0) is 12.4. The normalized spacial score (nSPS) is 10.2. The number of hydrogen-bond donors (Lipinski definition) is 1. The van der Waals surface area contributed by atoms with Gasteiger partial charge in [0.1, 0.15) is 22.5 Å². The summed E-state index contributed by atoms with van der Waals surface area (Å²) in [5.41, 5.74) is 7.08. The summed E-state index contributed by atoms with van der Waals surface area (Å²) in [5, 5.41) is 14.6. The van der Waals surface area contributed by atoms with Gasteiger partial charge in [-0.1, -0.05) is 11.6 Å². The fourth-order valence-electron chi connectivity index (χ4n) is 1.44. The predicted octanol–water partition coefficient (Wildman–Crippen LogP) is 2.70. The molecule has 0 aliphatic carbocycles. The van der Waals surface area contributed by atoms with Gasteiger partial charge in [0.25, 0.3) is 0 Å². The first kappa shape index (κ1) is 11.8. The number of rotatable bonds is 2. The third-order valence-corrected chi connectivity index (χ3v) is 3.19. The smallest absolute Gasteiger partial charge is 0.146 e. The lowest BCUT2D eigenvalue weighted by Gasteiger charge is -2.03. The predicted molar refractivity (Wildman–Crippen MR) is 69.5 cm³/mol. The minimum absolute atomic E-state index is 0.346. The molecule has 2 rings (SSSR count). The first-order valence-electron chi connectivity index (χ1n) is 4.76. The van der Waals surface area contributed by atoms with Gasteiger partial charge in [-0.15, -0.1) is 11.8 Å². The Balaban J connectivity index is 2.57. The highest BCUT2D eigenvalue weighted by Crippen LogP contribution is 2.26. The maximum atomic E-state index is 9.02. The van der Waals surface area contributed by atoms with E-state index in [1.807, 2.05) is 6.26 Å². The zero-order valence-electron chi connectivity index (χ0n) is 9.01. The molecule has 0 atom stereocenters. The first-order chi connectivity index (χ1) is 8.17. The van der Waals surface area contributed by atoms with E-state index in [1.54, 1.807) is 28.9 Å². The van der Waals surface area contributed by atoms with Gasteiger partial charge >= 0.3 is 0 Å². The van der Waals surface area contributed by atoms with Crippen LogP contribution in [0.3, 0.4) is 0 Å². The van der Waals surface area contributed by atoms with Crippen molar-refractivity contribution in [1.82, 2.24) is 9.78 Å². The number of nitrogens with two attached hydrogens (primary N) is 1. The molecule has 2 aromatic rings. The minimum atomic E-state index is 0.346. The van der Waals surface area contributed by atoms with E-state index in [0.29, 0.717) is 21.4 Å². The SMILES string of the molecule is CSc1nn(-c2ccc(Cl)cc2)c(N)c1C#N. The van der Waals surface area contributed by atoms with Gasteiger partial charge in [0.15, 0.2) is 0 Å². The second-order valence-corrected chi connectivity index (χ2v) is 4.50. The standard InChI is InChI=1S/C11H9ClN4S/c1-17-11-9(6-13)10(14)16(15-11)8-4-2-7(12)3-5-8/h2-5H,14H2,1H3. The molecule has 0 bridgehead atoms. The van der Waals surface area contributed by atoms with Crippen LogP contribution >= 0.6 is 23.4 Å². The highest BCUT2D eigenvalue weighted by Gasteiger charge is 2.15. The Bertz CT molecular complexity index is 583. The van der Waals surface area contributed by atoms with Crippen LogP contribution in [-0.4, -0.2) is 16.0 Å². The van der Waals surface area contributed by atoms with Gasteiger partial charge in [0, 0.05) is 5.02 Å². The molecule has 0 saturated carbocycles. The number of benzene rings is 1. The average molecular weight is 265 g/mol. The second-order valence-electron chi connectivity index (χ2n) is 3.27. The molecule has 0 aliphatic heterocycles. The van der Waals surface area contributed by atoms with Crippen molar-refractivity contribution < 1.29 is 0 Å². The molecule has 0 amide bonds. The molecule has 0 spiro atoms. The second kappa shape index (κ2) is 4.70. The van der Waals surface area contributed by atoms with Crippen molar-refractivity contribution in [3.63, 3.8) is 0 Å². The van der Waals surface area contributed by atoms with E-state index in [1.165, 1.54) is 11.8 Å². The van der Waals surface area contributed by atoms with Crippen molar-refractivity contribution in [3.05, 3.63) is 34.9 Å². The molecule has 0 saturated heterocycles. The summed E-state index contributed by atoms with van der Waals surface area (Å²) in [4.78, 5) is 0. The summed E-state index contributed by atoms with van der Waals surface area (Å²) in [5.74, 6) is 0.346. The molecule has 0 aliphatic rings. The van der Waals surface area contributed by atoms with Crippen LogP contribution in [-0.2, 0) is 0 Å². The topological polar surface area (TPSA) is 67.6 Å². The van der Waals surface area contributed by atoms with Crippen LogP contribution in [0.5, 0.6) is 0 Å². The van der Waals surface area contributed by atoms with Gasteiger partial charge in [-0.3, -0.25) is 0 Å². The highest BCUT2D eigenvalue weighted by atomic mass is 35.5. The lowest BCUT2D eigenvalue weighted by molar-refractivity contribution is 0.846. The Labute approximate surface area is 108 Å². The van der Waals surface area contributed by atoms with Gasteiger partial charge < -0.3 is 5.73 Å². The van der Waals surface area contributed by atoms with Crippen molar-refractivity contribution in [2.24, 2.45) is 0 Å². The Morgan fingerprint density at radius 3 is 2.53 bits per heavy atom. The molecule has 1 heterocycles. The number of thioether (sulfide) groups is 1. The van der Waals surface area contributed by atoms with Crippen LogP contribution in [0, 0.1) is 11.3 Å². The summed E-state index contributed by atoms with van der Waals surface area (Å²) in [6, 6.07) is 9.17. The zero-order valence-corrected chi connectivity index (χ0v) is 10.6. The van der Waals surface area contributed by atoms with E-state index in [2.05, 4.69) is 11.2 Å². The minimum Gasteiger partial charge on any atom is -0.382 e. The maximum Gasteiger partial charge on any atom is 0.146 e. The van der Waals surface area contributed by atoms with Crippen LogP contribution in [0.1, 0.15) is 5.56 Å². The molecule has 0 radical (unpaired) electrons. The van der Waals surface area contributed by atoms with Crippen LogP contribution in [0.2, 0.25) is 5.02 Å². The van der Waals surface area contributed by atoms with Crippen molar-refractivity contribution in [1.29, 1.82) is 5.26 Å². The highest BCUT2D eigenvalue weighted by molar-refractivity contribution is 7.98. The molecule has 17 heavy (non-hydrogen) atoms. The number of nitriles is 1. The lowest BCUT2D eigenvalue weighted by Crippen LogP contribution is -2.02. The molecule has 1 aromatic heterocycles. The number of anilines is 1. The monoisotopic (exact) mass is 264 g/mol. The molecular weight excluding hydrogens is 256 g/mol. The molecule has 6 heteroatoms. The van der Waals surface area contributed by atoms with E-state index in [-0.39, 0.29) is 0 Å². The summed E-state index contributed by atoms with van der Waals surface area (Å²) < 4.78 is 1.54. The van der Waals surface area contributed by atoms with Gasteiger partial charge in [0.05, 0.1) is 5.69 Å². The van der Waals surface area contributed by atoms with E-state index < -0.39 is 0 Å². The van der Waals surface area contributed by atoms with Crippen molar-refractivity contribution in [3.8, 4) is 11.8 Å². The summed E-state index contributed by atoms with van der Waals surface area (Å²) in [6.07, 6.45) is 1.86. The number of halogens is 1. The van der Waals surface area contributed by atoms with Gasteiger partial charge in [-0.2, -0.15) is 10.4 Å². The number of nitrogens with zero attached hydrogens (tertiary/aromatic N) is 3. The largest absolute Gasteiger partial charge is 0.382 e. The van der Waals surface area contributed by atoms with E-state index in [4.69, 9.17) is 22.6 Å². The van der Waals surface area contributed by atoms with E-state index in [0.717, 1.165) is 5.69 Å². The maximum absolute atomic E-state index is 9.02. The van der Waals surface area contributed by atoms with Crippen molar-refractivity contribution in [2.45, 2.75) is 5.03 Å². The van der Waals surface area contributed by atoms with Crippen LogP contribution in [0.25, 0.3) is 5.69 Å². The Hall–Kier alpha value is -1.64. The van der Waals surface area contributed by atoms with Gasteiger partial charge in [-0.25, -0.2) is 4.68 Å². The third kappa shape index (κ3) is 2.09. The Morgan fingerprint density at radius 2 is 2.06 bits per heavy atom. The van der Waals surface area contributed by atoms with Crippen molar-refractivity contribution in [2.75, 3.05) is 12.0 Å². The molecule has 0 unspecified atom stereocenters. The molecular formula is C11H9ClN4S.